The highest BCUT2D eigenvalue weighted by molar-refractivity contribution is 7.17. The Hall–Kier alpha value is -1.89. The minimum absolute atomic E-state index is 0.362. The highest BCUT2D eigenvalue weighted by Crippen LogP contribution is 2.24. The highest BCUT2D eigenvalue weighted by Gasteiger charge is 2.16. The summed E-state index contributed by atoms with van der Waals surface area (Å²) >= 11 is 1.28. The Balaban J connectivity index is 2.04. The normalized spacial score (nSPS) is 10.7. The minimum atomic E-state index is -0.362. The Morgan fingerprint density at radius 3 is 2.76 bits per heavy atom. The standard InChI is InChI=1S/C14H19N3O3S/c1-5-6-11-16-8(2)10(20-11)7-15-14-17-9(3)12(21-14)13(18)19-4/h5-7H2,1-4H3,(H,15,17). The SMILES string of the molecule is CCCc1nc(C)c(CNc2nc(C)c(C(=O)OC)s2)o1. The molecule has 1 N–H and O–H groups in total. The molecule has 2 heterocycles. The molecule has 2 aromatic rings. The molecule has 0 aliphatic heterocycles. The quantitative estimate of drug-likeness (QED) is 0.826. The van der Waals surface area contributed by atoms with E-state index in [0.29, 0.717) is 22.2 Å². The van der Waals surface area contributed by atoms with Crippen molar-refractivity contribution in [1.29, 1.82) is 0 Å². The van der Waals surface area contributed by atoms with Crippen molar-refractivity contribution in [3.05, 3.63) is 27.9 Å². The van der Waals surface area contributed by atoms with E-state index in [0.717, 1.165) is 30.2 Å². The molecule has 6 nitrogen and oxygen atoms in total. The first-order valence-corrected chi connectivity index (χ1v) is 7.61. The number of esters is 1. The van der Waals surface area contributed by atoms with Crippen LogP contribution in [-0.4, -0.2) is 23.0 Å². The monoisotopic (exact) mass is 309 g/mol. The van der Waals surface area contributed by atoms with E-state index in [2.05, 4.69) is 22.2 Å². The van der Waals surface area contributed by atoms with Crippen molar-refractivity contribution in [1.82, 2.24) is 9.97 Å². The van der Waals surface area contributed by atoms with Crippen LogP contribution in [0.1, 0.15) is 46.1 Å². The average Bonchev–Trinajstić information content (AvgIpc) is 2.99. The third kappa shape index (κ3) is 3.60. The van der Waals surface area contributed by atoms with Crippen molar-refractivity contribution in [3.8, 4) is 0 Å². The molecule has 0 atom stereocenters. The van der Waals surface area contributed by atoms with Crippen molar-refractivity contribution in [3.63, 3.8) is 0 Å². The fraction of sp³-hybridized carbons (Fsp3) is 0.500. The molecule has 0 amide bonds. The number of hydrogen-bond donors (Lipinski definition) is 1. The van der Waals surface area contributed by atoms with E-state index in [4.69, 9.17) is 9.15 Å². The Bertz CT molecular complexity index is 633. The van der Waals surface area contributed by atoms with Crippen LogP contribution in [0, 0.1) is 13.8 Å². The summed E-state index contributed by atoms with van der Waals surface area (Å²) in [5.74, 6) is 1.20. The number of hydrogen-bond acceptors (Lipinski definition) is 7. The maximum absolute atomic E-state index is 11.5. The number of ether oxygens (including phenoxy) is 1. The first-order chi connectivity index (χ1) is 10.0. The zero-order chi connectivity index (χ0) is 15.4. The molecule has 0 fully saturated rings. The third-order valence-electron chi connectivity index (χ3n) is 2.97. The lowest BCUT2D eigenvalue weighted by Gasteiger charge is -1.99. The van der Waals surface area contributed by atoms with Gasteiger partial charge in [-0.25, -0.2) is 14.8 Å². The van der Waals surface area contributed by atoms with Crippen molar-refractivity contribution in [2.75, 3.05) is 12.4 Å². The number of thiazole rings is 1. The van der Waals surface area contributed by atoms with Crippen LogP contribution >= 0.6 is 11.3 Å². The van der Waals surface area contributed by atoms with Crippen LogP contribution in [0.5, 0.6) is 0 Å². The molecule has 0 radical (unpaired) electrons. The molecular formula is C14H19N3O3S. The van der Waals surface area contributed by atoms with Gasteiger partial charge in [0.25, 0.3) is 0 Å². The molecule has 2 rings (SSSR count). The van der Waals surface area contributed by atoms with Crippen molar-refractivity contribution in [2.24, 2.45) is 0 Å². The lowest BCUT2D eigenvalue weighted by atomic mass is 10.3. The number of carbonyl (C=O) groups is 1. The highest BCUT2D eigenvalue weighted by atomic mass is 32.1. The molecular weight excluding hydrogens is 290 g/mol. The molecule has 0 unspecified atom stereocenters. The summed E-state index contributed by atoms with van der Waals surface area (Å²) in [7, 11) is 1.36. The summed E-state index contributed by atoms with van der Waals surface area (Å²) < 4.78 is 10.4. The maximum Gasteiger partial charge on any atom is 0.350 e. The van der Waals surface area contributed by atoms with Gasteiger partial charge in [-0.2, -0.15) is 0 Å². The van der Waals surface area contributed by atoms with Crippen LogP contribution in [0.3, 0.4) is 0 Å². The van der Waals surface area contributed by atoms with E-state index in [-0.39, 0.29) is 5.97 Å². The molecule has 2 aromatic heterocycles. The maximum atomic E-state index is 11.5. The number of nitrogens with one attached hydrogen (secondary N) is 1. The van der Waals surface area contributed by atoms with Crippen LogP contribution in [0.15, 0.2) is 4.42 Å². The number of nitrogens with zero attached hydrogens (tertiary/aromatic N) is 2. The van der Waals surface area contributed by atoms with E-state index in [1.165, 1.54) is 18.4 Å². The molecule has 0 aliphatic rings. The van der Waals surface area contributed by atoms with Crippen LogP contribution in [0.4, 0.5) is 5.13 Å². The van der Waals surface area contributed by atoms with Crippen LogP contribution in [0.2, 0.25) is 0 Å². The fourth-order valence-corrected chi connectivity index (χ4v) is 2.76. The first kappa shape index (κ1) is 15.5. The lowest BCUT2D eigenvalue weighted by Crippen LogP contribution is -1.99. The van der Waals surface area contributed by atoms with Gasteiger partial charge in [0.05, 0.1) is 25.0 Å². The fourth-order valence-electron chi connectivity index (χ4n) is 1.88. The van der Waals surface area contributed by atoms with Gasteiger partial charge < -0.3 is 14.5 Å². The Labute approximate surface area is 127 Å². The van der Waals surface area contributed by atoms with Crippen molar-refractivity contribution in [2.45, 2.75) is 40.2 Å². The number of methoxy groups -OCH3 is 1. The van der Waals surface area contributed by atoms with Crippen LogP contribution in [0.25, 0.3) is 0 Å². The second-order valence-electron chi connectivity index (χ2n) is 4.64. The van der Waals surface area contributed by atoms with Gasteiger partial charge in [-0.05, 0) is 20.3 Å². The van der Waals surface area contributed by atoms with E-state index >= 15 is 0 Å². The summed E-state index contributed by atoms with van der Waals surface area (Å²) in [6.45, 7) is 6.29. The average molecular weight is 309 g/mol. The van der Waals surface area contributed by atoms with E-state index in [9.17, 15) is 4.79 Å². The van der Waals surface area contributed by atoms with E-state index < -0.39 is 0 Å². The molecule has 0 spiro atoms. The Morgan fingerprint density at radius 2 is 2.10 bits per heavy atom. The van der Waals surface area contributed by atoms with Gasteiger partial charge >= 0.3 is 5.97 Å². The van der Waals surface area contributed by atoms with Gasteiger partial charge in [0.1, 0.15) is 10.6 Å². The summed E-state index contributed by atoms with van der Waals surface area (Å²) in [5.41, 5.74) is 1.54. The summed E-state index contributed by atoms with van der Waals surface area (Å²) in [6, 6.07) is 0. The molecule has 0 saturated carbocycles. The number of aryl methyl sites for hydroxylation is 3. The van der Waals surface area contributed by atoms with Gasteiger partial charge in [0.15, 0.2) is 11.0 Å². The van der Waals surface area contributed by atoms with Gasteiger partial charge in [-0.3, -0.25) is 0 Å². The van der Waals surface area contributed by atoms with Gasteiger partial charge in [0, 0.05) is 6.42 Å². The van der Waals surface area contributed by atoms with E-state index in [1.807, 2.05) is 6.92 Å². The predicted octanol–water partition coefficient (Wildman–Crippen LogP) is 3.10. The number of carbonyl (C=O) groups excluding carboxylic acids is 1. The summed E-state index contributed by atoms with van der Waals surface area (Å²) in [6.07, 6.45) is 1.84. The predicted molar refractivity (Wildman–Crippen MR) is 80.8 cm³/mol. The number of oxazole rings is 1. The molecule has 0 aliphatic carbocycles. The minimum Gasteiger partial charge on any atom is -0.465 e. The van der Waals surface area contributed by atoms with Gasteiger partial charge in [0.2, 0.25) is 0 Å². The largest absolute Gasteiger partial charge is 0.465 e. The third-order valence-corrected chi connectivity index (χ3v) is 4.06. The molecule has 7 heteroatoms. The zero-order valence-electron chi connectivity index (χ0n) is 12.6. The van der Waals surface area contributed by atoms with E-state index in [1.54, 1.807) is 6.92 Å². The first-order valence-electron chi connectivity index (χ1n) is 6.80. The van der Waals surface area contributed by atoms with Crippen molar-refractivity contribution < 1.29 is 13.9 Å². The zero-order valence-corrected chi connectivity index (χ0v) is 13.5. The second-order valence-corrected chi connectivity index (χ2v) is 5.64. The Kier molecular flexibility index (Phi) is 4.95. The number of aromatic nitrogens is 2. The van der Waals surface area contributed by atoms with Crippen molar-refractivity contribution >= 4 is 22.4 Å². The smallest absolute Gasteiger partial charge is 0.350 e. The molecule has 0 aromatic carbocycles. The molecule has 0 saturated heterocycles. The van der Waals surface area contributed by atoms with Gasteiger partial charge in [-0.1, -0.05) is 18.3 Å². The molecule has 21 heavy (non-hydrogen) atoms. The number of rotatable bonds is 6. The topological polar surface area (TPSA) is 77.2 Å². The lowest BCUT2D eigenvalue weighted by molar-refractivity contribution is 0.0605. The molecule has 114 valence electrons. The van der Waals surface area contributed by atoms with Crippen LogP contribution < -0.4 is 5.32 Å². The van der Waals surface area contributed by atoms with Gasteiger partial charge in [-0.15, -0.1) is 0 Å². The second kappa shape index (κ2) is 6.71. The van der Waals surface area contributed by atoms with Crippen LogP contribution in [-0.2, 0) is 17.7 Å². The summed E-state index contributed by atoms with van der Waals surface area (Å²) in [5, 5.41) is 3.83. The molecule has 0 bridgehead atoms. The number of anilines is 1. The Morgan fingerprint density at radius 1 is 1.33 bits per heavy atom. The summed E-state index contributed by atoms with van der Waals surface area (Å²) in [4.78, 5) is 20.7.